The van der Waals surface area contributed by atoms with Crippen LogP contribution in [0.2, 0.25) is 0 Å². The Labute approximate surface area is 55.0 Å². The van der Waals surface area contributed by atoms with E-state index < -0.39 is 0 Å². The summed E-state index contributed by atoms with van der Waals surface area (Å²) in [7, 11) is 0. The number of fused-ring (bicyclic) bond motifs is 1. The van der Waals surface area contributed by atoms with Crippen LogP contribution in [-0.2, 0) is 4.74 Å². The van der Waals surface area contributed by atoms with E-state index in [0.717, 1.165) is 5.76 Å². The Kier molecular flexibility index (Phi) is 0.940. The first-order chi connectivity index (χ1) is 4.42. The molecule has 1 saturated carbocycles. The fourth-order valence-corrected chi connectivity index (χ4v) is 1.72. The normalized spacial score (nSPS) is 38.4. The first kappa shape index (κ1) is 5.13. The monoisotopic (exact) mass is 122 g/mol. The summed E-state index contributed by atoms with van der Waals surface area (Å²) in [5, 5.41) is 0. The maximum atomic E-state index is 5.36. The highest BCUT2D eigenvalue weighted by atomic mass is 16.5. The molecule has 1 heteroatoms. The van der Waals surface area contributed by atoms with Gasteiger partial charge in [0.05, 0.1) is 5.92 Å². The molecule has 1 nitrogen and oxygen atoms in total. The lowest BCUT2D eigenvalue weighted by atomic mass is 9.98. The molecular weight excluding hydrogens is 112 g/mol. The van der Waals surface area contributed by atoms with Gasteiger partial charge in [-0.15, -0.1) is 0 Å². The van der Waals surface area contributed by atoms with Crippen LogP contribution in [0.25, 0.3) is 0 Å². The van der Waals surface area contributed by atoms with Crippen LogP contribution in [0.1, 0.15) is 19.3 Å². The van der Waals surface area contributed by atoms with E-state index in [2.05, 4.69) is 12.3 Å². The Morgan fingerprint density at radius 1 is 1.56 bits per heavy atom. The van der Waals surface area contributed by atoms with Crippen molar-refractivity contribution in [3.63, 3.8) is 0 Å². The fraction of sp³-hybridized carbons (Fsp3) is 0.625. The zero-order valence-electron chi connectivity index (χ0n) is 5.39. The van der Waals surface area contributed by atoms with Crippen LogP contribution in [-0.4, -0.2) is 6.10 Å². The fourth-order valence-electron chi connectivity index (χ4n) is 1.72. The Hall–Kier alpha value is -0.680. The molecule has 0 bridgehead atoms. The molecule has 0 aromatic carbocycles. The van der Waals surface area contributed by atoms with Crippen molar-refractivity contribution in [2.75, 3.05) is 0 Å². The minimum atomic E-state index is 0.536. The van der Waals surface area contributed by atoms with Crippen molar-refractivity contribution in [2.45, 2.75) is 25.4 Å². The van der Waals surface area contributed by atoms with Gasteiger partial charge in [0.2, 0.25) is 0 Å². The molecule has 1 aliphatic heterocycles. The third kappa shape index (κ3) is 0.555. The average Bonchev–Trinajstić information content (AvgIpc) is 2.14. The van der Waals surface area contributed by atoms with Gasteiger partial charge in [0, 0.05) is 0 Å². The minimum Gasteiger partial charge on any atom is -0.486 e. The molecule has 2 unspecified atom stereocenters. The lowest BCUT2D eigenvalue weighted by molar-refractivity contribution is -0.0210. The van der Waals surface area contributed by atoms with Gasteiger partial charge in [-0.1, -0.05) is 12.3 Å². The second-order valence-corrected chi connectivity index (χ2v) is 2.73. The van der Waals surface area contributed by atoms with Crippen molar-refractivity contribution >= 4 is 0 Å². The second-order valence-electron chi connectivity index (χ2n) is 2.73. The molecule has 2 rings (SSSR count). The largest absolute Gasteiger partial charge is 0.486 e. The van der Waals surface area contributed by atoms with Gasteiger partial charge in [-0.3, -0.25) is 0 Å². The standard InChI is InChI=1S/C8H10O/c1-2-7-6-4-3-5-8(6)9-7/h6,8H,1,3-5H2. The zero-order valence-corrected chi connectivity index (χ0v) is 5.39. The topological polar surface area (TPSA) is 9.23 Å². The van der Waals surface area contributed by atoms with Gasteiger partial charge in [-0.05, 0) is 19.3 Å². The molecule has 2 fully saturated rings. The molecule has 0 N–H and O–H groups in total. The molecule has 0 aromatic heterocycles. The lowest BCUT2D eigenvalue weighted by Crippen LogP contribution is -2.31. The summed E-state index contributed by atoms with van der Waals surface area (Å²) in [5.74, 6) is 1.71. The Morgan fingerprint density at radius 3 is 3.11 bits per heavy atom. The molecular formula is C8H10O. The van der Waals surface area contributed by atoms with Crippen molar-refractivity contribution in [3.05, 3.63) is 18.1 Å². The van der Waals surface area contributed by atoms with E-state index in [0.29, 0.717) is 12.0 Å². The van der Waals surface area contributed by atoms with Crippen LogP contribution in [0, 0.1) is 5.92 Å². The SMILES string of the molecule is C=C=C1OC2CCCC12. The molecule has 48 valence electrons. The number of hydrogen-bond acceptors (Lipinski definition) is 1. The summed E-state index contributed by atoms with van der Waals surface area (Å²) in [6.45, 7) is 3.56. The van der Waals surface area contributed by atoms with Crippen molar-refractivity contribution < 1.29 is 4.74 Å². The first-order valence-corrected chi connectivity index (χ1v) is 3.48. The average molecular weight is 122 g/mol. The highest BCUT2D eigenvalue weighted by Gasteiger charge is 2.41. The van der Waals surface area contributed by atoms with Gasteiger partial charge in [-0.25, -0.2) is 0 Å². The maximum absolute atomic E-state index is 5.36. The molecule has 0 spiro atoms. The van der Waals surface area contributed by atoms with Crippen LogP contribution in [0.4, 0.5) is 0 Å². The summed E-state index contributed by atoms with van der Waals surface area (Å²) >= 11 is 0. The molecule has 9 heavy (non-hydrogen) atoms. The molecule has 0 amide bonds. The number of ether oxygens (including phenoxy) is 1. The molecule has 1 aliphatic carbocycles. The maximum Gasteiger partial charge on any atom is 0.145 e. The predicted molar refractivity (Wildman–Crippen MR) is 34.9 cm³/mol. The first-order valence-electron chi connectivity index (χ1n) is 3.48. The van der Waals surface area contributed by atoms with E-state index in [9.17, 15) is 0 Å². The van der Waals surface area contributed by atoms with E-state index in [1.165, 1.54) is 19.3 Å². The molecule has 0 radical (unpaired) electrons. The van der Waals surface area contributed by atoms with Crippen molar-refractivity contribution in [2.24, 2.45) is 5.92 Å². The Bertz CT molecular complexity index is 177. The quantitative estimate of drug-likeness (QED) is 0.445. The molecule has 1 heterocycles. The van der Waals surface area contributed by atoms with Crippen molar-refractivity contribution in [3.8, 4) is 0 Å². The smallest absolute Gasteiger partial charge is 0.145 e. The molecule has 0 aromatic rings. The van der Waals surface area contributed by atoms with Gasteiger partial charge >= 0.3 is 0 Å². The van der Waals surface area contributed by atoms with Gasteiger partial charge in [0.25, 0.3) is 0 Å². The Morgan fingerprint density at radius 2 is 2.44 bits per heavy atom. The van der Waals surface area contributed by atoms with Crippen LogP contribution in [0.5, 0.6) is 0 Å². The van der Waals surface area contributed by atoms with E-state index in [1.807, 2.05) is 0 Å². The van der Waals surface area contributed by atoms with Crippen molar-refractivity contribution in [1.82, 2.24) is 0 Å². The van der Waals surface area contributed by atoms with Gasteiger partial charge in [0.1, 0.15) is 11.9 Å². The number of rotatable bonds is 0. The van der Waals surface area contributed by atoms with Crippen molar-refractivity contribution in [1.29, 1.82) is 0 Å². The van der Waals surface area contributed by atoms with Crippen LogP contribution < -0.4 is 0 Å². The summed E-state index contributed by atoms with van der Waals surface area (Å²) in [5.41, 5.74) is 2.82. The third-order valence-corrected chi connectivity index (χ3v) is 2.24. The van der Waals surface area contributed by atoms with Crippen LogP contribution >= 0.6 is 0 Å². The lowest BCUT2D eigenvalue weighted by Gasteiger charge is -2.33. The molecule has 2 aliphatic rings. The van der Waals surface area contributed by atoms with E-state index in [1.54, 1.807) is 0 Å². The zero-order chi connectivity index (χ0) is 6.27. The highest BCUT2D eigenvalue weighted by molar-refractivity contribution is 5.10. The van der Waals surface area contributed by atoms with Gasteiger partial charge in [-0.2, -0.15) is 0 Å². The predicted octanol–water partition coefficient (Wildman–Crippen LogP) is 1.85. The third-order valence-electron chi connectivity index (χ3n) is 2.24. The second kappa shape index (κ2) is 1.65. The highest BCUT2D eigenvalue weighted by Crippen LogP contribution is 2.43. The number of hydrogen-bond donors (Lipinski definition) is 0. The van der Waals surface area contributed by atoms with Gasteiger partial charge in [0.15, 0.2) is 0 Å². The summed E-state index contributed by atoms with van der Waals surface area (Å²) in [6, 6.07) is 0. The van der Waals surface area contributed by atoms with E-state index >= 15 is 0 Å². The summed E-state index contributed by atoms with van der Waals surface area (Å²) in [4.78, 5) is 0. The minimum absolute atomic E-state index is 0.536. The summed E-state index contributed by atoms with van der Waals surface area (Å²) in [6.07, 6.45) is 4.40. The van der Waals surface area contributed by atoms with E-state index in [-0.39, 0.29) is 0 Å². The summed E-state index contributed by atoms with van der Waals surface area (Å²) < 4.78 is 5.36. The molecule has 2 atom stereocenters. The molecule has 1 saturated heterocycles. The Balaban J connectivity index is 2.17. The van der Waals surface area contributed by atoms with Crippen LogP contribution in [0.3, 0.4) is 0 Å². The van der Waals surface area contributed by atoms with E-state index in [4.69, 9.17) is 4.74 Å². The van der Waals surface area contributed by atoms with Crippen LogP contribution in [0.15, 0.2) is 18.1 Å². The van der Waals surface area contributed by atoms with Gasteiger partial charge < -0.3 is 4.74 Å².